The lowest BCUT2D eigenvalue weighted by Crippen LogP contribution is -2.38. The van der Waals surface area contributed by atoms with E-state index in [4.69, 9.17) is 5.73 Å². The third-order valence-electron chi connectivity index (χ3n) is 3.19. The van der Waals surface area contributed by atoms with Crippen molar-refractivity contribution >= 4 is 11.8 Å². The van der Waals surface area contributed by atoms with Gasteiger partial charge in [0.15, 0.2) is 0 Å². The first-order valence-corrected chi connectivity index (χ1v) is 6.05. The van der Waals surface area contributed by atoms with E-state index in [-0.39, 0.29) is 0 Å². The highest BCUT2D eigenvalue weighted by Crippen LogP contribution is 2.33. The monoisotopic (exact) mass is 241 g/mol. The van der Waals surface area contributed by atoms with Crippen molar-refractivity contribution in [2.45, 2.75) is 13.3 Å². The molecule has 1 saturated heterocycles. The standard InChI is InChI=1S/C13H15N5/c1-9-11(10-4-2-5-15-8-10)12(17-13(14)16-9)18-6-3-7-18/h2,4-5,8H,3,6-7H2,1H3,(H2,14,16,17). The second kappa shape index (κ2) is 4.25. The maximum Gasteiger partial charge on any atom is 0.222 e. The Bertz CT molecular complexity index is 563. The summed E-state index contributed by atoms with van der Waals surface area (Å²) in [6.45, 7) is 4.02. The van der Waals surface area contributed by atoms with Gasteiger partial charge in [-0.1, -0.05) is 6.07 Å². The normalized spacial score (nSPS) is 14.4. The van der Waals surface area contributed by atoms with Crippen molar-refractivity contribution in [3.05, 3.63) is 30.2 Å². The van der Waals surface area contributed by atoms with Crippen molar-refractivity contribution in [3.63, 3.8) is 0 Å². The molecule has 0 aliphatic carbocycles. The summed E-state index contributed by atoms with van der Waals surface area (Å²) in [5.74, 6) is 1.27. The Morgan fingerprint density at radius 2 is 2.11 bits per heavy atom. The molecule has 3 rings (SSSR count). The molecule has 5 nitrogen and oxygen atoms in total. The molecular weight excluding hydrogens is 226 g/mol. The third-order valence-corrected chi connectivity index (χ3v) is 3.19. The number of pyridine rings is 1. The van der Waals surface area contributed by atoms with E-state index in [0.29, 0.717) is 5.95 Å². The Kier molecular flexibility index (Phi) is 2.59. The van der Waals surface area contributed by atoms with Gasteiger partial charge < -0.3 is 10.6 Å². The summed E-state index contributed by atoms with van der Waals surface area (Å²) in [6, 6.07) is 3.95. The van der Waals surface area contributed by atoms with Gasteiger partial charge in [-0.15, -0.1) is 0 Å². The molecule has 3 heterocycles. The van der Waals surface area contributed by atoms with E-state index in [1.54, 1.807) is 6.20 Å². The summed E-state index contributed by atoms with van der Waals surface area (Å²) in [6.07, 6.45) is 4.81. The molecule has 0 saturated carbocycles. The van der Waals surface area contributed by atoms with Crippen LogP contribution in [-0.4, -0.2) is 28.0 Å². The zero-order valence-electron chi connectivity index (χ0n) is 10.3. The maximum atomic E-state index is 5.76. The van der Waals surface area contributed by atoms with Gasteiger partial charge in [0.1, 0.15) is 5.82 Å². The van der Waals surface area contributed by atoms with Crippen LogP contribution >= 0.6 is 0 Å². The van der Waals surface area contributed by atoms with Gasteiger partial charge in [-0.25, -0.2) is 4.98 Å². The Hall–Kier alpha value is -2.17. The van der Waals surface area contributed by atoms with E-state index in [0.717, 1.165) is 35.7 Å². The molecule has 1 aliphatic rings. The highest BCUT2D eigenvalue weighted by Gasteiger charge is 2.22. The van der Waals surface area contributed by atoms with Crippen molar-refractivity contribution in [1.29, 1.82) is 0 Å². The predicted octanol–water partition coefficient (Wildman–Crippen LogP) is 1.64. The molecule has 18 heavy (non-hydrogen) atoms. The SMILES string of the molecule is Cc1nc(N)nc(N2CCC2)c1-c1cccnc1. The fourth-order valence-corrected chi connectivity index (χ4v) is 2.18. The van der Waals surface area contributed by atoms with Crippen LogP contribution in [0.15, 0.2) is 24.5 Å². The van der Waals surface area contributed by atoms with E-state index >= 15 is 0 Å². The predicted molar refractivity (Wildman–Crippen MR) is 71.2 cm³/mol. The van der Waals surface area contributed by atoms with Gasteiger partial charge in [-0.2, -0.15) is 4.98 Å². The first-order chi connectivity index (χ1) is 8.75. The molecule has 0 spiro atoms. The summed E-state index contributed by atoms with van der Waals surface area (Å²) in [7, 11) is 0. The average Bonchev–Trinajstić information content (AvgIpc) is 2.27. The van der Waals surface area contributed by atoms with Crippen molar-refractivity contribution < 1.29 is 0 Å². The summed E-state index contributed by atoms with van der Waals surface area (Å²) in [5.41, 5.74) is 8.74. The Balaban J connectivity index is 2.17. The highest BCUT2D eigenvalue weighted by atomic mass is 15.2. The highest BCUT2D eigenvalue weighted by molar-refractivity contribution is 5.78. The fourth-order valence-electron chi connectivity index (χ4n) is 2.18. The quantitative estimate of drug-likeness (QED) is 0.865. The minimum Gasteiger partial charge on any atom is -0.368 e. The molecule has 0 radical (unpaired) electrons. The summed E-state index contributed by atoms with van der Waals surface area (Å²) in [4.78, 5) is 15.1. The third kappa shape index (κ3) is 1.77. The Labute approximate surface area is 106 Å². The second-order valence-electron chi connectivity index (χ2n) is 4.45. The number of nitrogens with two attached hydrogens (primary N) is 1. The Morgan fingerprint density at radius 3 is 2.72 bits per heavy atom. The Morgan fingerprint density at radius 1 is 1.28 bits per heavy atom. The van der Waals surface area contributed by atoms with Crippen molar-refractivity contribution in [3.8, 4) is 11.1 Å². The molecule has 0 aromatic carbocycles. The molecule has 2 aromatic rings. The van der Waals surface area contributed by atoms with Gasteiger partial charge in [-0.3, -0.25) is 4.98 Å². The van der Waals surface area contributed by atoms with Crippen LogP contribution in [0.2, 0.25) is 0 Å². The topological polar surface area (TPSA) is 67.9 Å². The number of hydrogen-bond acceptors (Lipinski definition) is 5. The lowest BCUT2D eigenvalue weighted by molar-refractivity contribution is 0.610. The van der Waals surface area contributed by atoms with Crippen LogP contribution in [0.4, 0.5) is 11.8 Å². The molecule has 1 aliphatic heterocycles. The molecule has 1 fully saturated rings. The maximum absolute atomic E-state index is 5.76. The van der Waals surface area contributed by atoms with E-state index in [1.165, 1.54) is 6.42 Å². The molecule has 0 unspecified atom stereocenters. The van der Waals surface area contributed by atoms with Crippen LogP contribution in [-0.2, 0) is 0 Å². The van der Waals surface area contributed by atoms with Crippen LogP contribution in [0.3, 0.4) is 0 Å². The molecule has 0 atom stereocenters. The van der Waals surface area contributed by atoms with Crippen LogP contribution in [0.25, 0.3) is 11.1 Å². The van der Waals surface area contributed by atoms with E-state index < -0.39 is 0 Å². The molecular formula is C13H15N5. The smallest absolute Gasteiger partial charge is 0.222 e. The zero-order valence-corrected chi connectivity index (χ0v) is 10.3. The van der Waals surface area contributed by atoms with Gasteiger partial charge in [0.2, 0.25) is 5.95 Å². The number of hydrogen-bond donors (Lipinski definition) is 1. The van der Waals surface area contributed by atoms with Crippen molar-refractivity contribution in [2.24, 2.45) is 0 Å². The number of anilines is 2. The number of nitrogen functional groups attached to an aromatic ring is 1. The van der Waals surface area contributed by atoms with Crippen LogP contribution in [0, 0.1) is 6.92 Å². The molecule has 0 bridgehead atoms. The number of rotatable bonds is 2. The number of nitrogens with zero attached hydrogens (tertiary/aromatic N) is 4. The van der Waals surface area contributed by atoms with Gasteiger partial charge in [0.05, 0.1) is 5.69 Å². The van der Waals surface area contributed by atoms with Gasteiger partial charge in [0, 0.05) is 36.6 Å². The summed E-state index contributed by atoms with van der Waals surface area (Å²) >= 11 is 0. The molecule has 0 amide bonds. The van der Waals surface area contributed by atoms with Crippen LogP contribution in [0.5, 0.6) is 0 Å². The molecule has 2 N–H and O–H groups in total. The molecule has 92 valence electrons. The van der Waals surface area contributed by atoms with Crippen molar-refractivity contribution in [2.75, 3.05) is 23.7 Å². The van der Waals surface area contributed by atoms with E-state index in [9.17, 15) is 0 Å². The first kappa shape index (κ1) is 11.0. The number of aryl methyl sites for hydroxylation is 1. The first-order valence-electron chi connectivity index (χ1n) is 6.05. The second-order valence-corrected chi connectivity index (χ2v) is 4.45. The van der Waals surface area contributed by atoms with Gasteiger partial charge >= 0.3 is 0 Å². The largest absolute Gasteiger partial charge is 0.368 e. The number of aromatic nitrogens is 3. The van der Waals surface area contributed by atoms with E-state index in [1.807, 2.05) is 25.3 Å². The minimum absolute atomic E-state index is 0.335. The van der Waals surface area contributed by atoms with Gasteiger partial charge in [-0.05, 0) is 19.4 Å². The lowest BCUT2D eigenvalue weighted by Gasteiger charge is -2.33. The summed E-state index contributed by atoms with van der Waals surface area (Å²) in [5, 5.41) is 0. The minimum atomic E-state index is 0.335. The fraction of sp³-hybridized carbons (Fsp3) is 0.308. The average molecular weight is 241 g/mol. The van der Waals surface area contributed by atoms with Gasteiger partial charge in [0.25, 0.3) is 0 Å². The summed E-state index contributed by atoms with van der Waals surface area (Å²) < 4.78 is 0. The lowest BCUT2D eigenvalue weighted by atomic mass is 10.0. The van der Waals surface area contributed by atoms with Crippen LogP contribution < -0.4 is 10.6 Å². The molecule has 5 heteroatoms. The van der Waals surface area contributed by atoms with Crippen molar-refractivity contribution in [1.82, 2.24) is 15.0 Å². The zero-order chi connectivity index (χ0) is 12.5. The van der Waals surface area contributed by atoms with E-state index in [2.05, 4.69) is 19.9 Å². The molecule has 2 aromatic heterocycles. The van der Waals surface area contributed by atoms with Crippen LogP contribution in [0.1, 0.15) is 12.1 Å².